The molecule has 2 N–H and O–H groups in total. The molecular weight excluding hydrogens is 414 g/mol. The first kappa shape index (κ1) is 22.2. The van der Waals surface area contributed by atoms with Gasteiger partial charge in [0.25, 0.3) is 0 Å². The number of benzene rings is 2. The lowest BCUT2D eigenvalue weighted by molar-refractivity contribution is -0.117. The van der Waals surface area contributed by atoms with Crippen molar-refractivity contribution in [3.05, 3.63) is 42.5 Å². The molecular formula is C23H29N3O6. The molecule has 1 amide bonds. The average Bonchev–Trinajstić information content (AvgIpc) is 3.27. The standard InChI is InChI=1S/C23H29N3O6/c1-29-19-4-2-3-5-20(19)30-15-18(27)13-25-8-10-26(11-9-25)14-23(28)24-17-6-7-21-22(12-17)32-16-31-21/h2-7,12,18,27H,8-11,13-16H2,1H3,(H,24,28). The van der Waals surface area contributed by atoms with E-state index in [4.69, 9.17) is 18.9 Å². The number of hydrogen-bond donors (Lipinski definition) is 2. The summed E-state index contributed by atoms with van der Waals surface area (Å²) in [6.45, 7) is 4.32. The number of ether oxygens (including phenoxy) is 4. The predicted molar refractivity (Wildman–Crippen MR) is 119 cm³/mol. The summed E-state index contributed by atoms with van der Waals surface area (Å²) >= 11 is 0. The van der Waals surface area contributed by atoms with E-state index < -0.39 is 6.10 Å². The molecule has 1 atom stereocenters. The van der Waals surface area contributed by atoms with E-state index in [2.05, 4.69) is 15.1 Å². The van der Waals surface area contributed by atoms with Gasteiger partial charge in [0.1, 0.15) is 12.7 Å². The number of amides is 1. The van der Waals surface area contributed by atoms with Gasteiger partial charge in [0, 0.05) is 44.5 Å². The fourth-order valence-corrected chi connectivity index (χ4v) is 3.78. The van der Waals surface area contributed by atoms with Crippen LogP contribution < -0.4 is 24.3 Å². The second-order valence-corrected chi connectivity index (χ2v) is 7.81. The van der Waals surface area contributed by atoms with Gasteiger partial charge in [-0.15, -0.1) is 0 Å². The van der Waals surface area contributed by atoms with Crippen molar-refractivity contribution in [3.63, 3.8) is 0 Å². The number of rotatable bonds is 9. The number of aliphatic hydroxyl groups is 1. The molecule has 2 aromatic carbocycles. The van der Waals surface area contributed by atoms with Crippen molar-refractivity contribution in [2.75, 3.05) is 65.1 Å². The highest BCUT2D eigenvalue weighted by Gasteiger charge is 2.22. The lowest BCUT2D eigenvalue weighted by Gasteiger charge is -2.35. The molecule has 0 spiro atoms. The molecule has 0 radical (unpaired) electrons. The molecule has 0 aliphatic carbocycles. The molecule has 1 unspecified atom stereocenters. The van der Waals surface area contributed by atoms with Crippen molar-refractivity contribution in [1.82, 2.24) is 9.80 Å². The van der Waals surface area contributed by atoms with Gasteiger partial charge in [-0.25, -0.2) is 0 Å². The summed E-state index contributed by atoms with van der Waals surface area (Å²) in [7, 11) is 1.59. The van der Waals surface area contributed by atoms with Crippen LogP contribution in [0.5, 0.6) is 23.0 Å². The van der Waals surface area contributed by atoms with Gasteiger partial charge >= 0.3 is 0 Å². The monoisotopic (exact) mass is 443 g/mol. The lowest BCUT2D eigenvalue weighted by atomic mass is 10.2. The van der Waals surface area contributed by atoms with Crippen LogP contribution in [0.3, 0.4) is 0 Å². The molecule has 172 valence electrons. The summed E-state index contributed by atoms with van der Waals surface area (Å²) < 4.78 is 21.6. The van der Waals surface area contributed by atoms with Crippen LogP contribution >= 0.6 is 0 Å². The quantitative estimate of drug-likeness (QED) is 0.601. The maximum absolute atomic E-state index is 12.4. The van der Waals surface area contributed by atoms with Gasteiger partial charge in [0.05, 0.1) is 13.7 Å². The number of β-amino-alcohol motifs (C(OH)–C–C–N with tert-alkyl or cyclic N) is 1. The number of nitrogens with one attached hydrogen (secondary N) is 1. The average molecular weight is 444 g/mol. The van der Waals surface area contributed by atoms with E-state index in [-0.39, 0.29) is 19.3 Å². The second-order valence-electron chi connectivity index (χ2n) is 7.81. The third-order valence-corrected chi connectivity index (χ3v) is 5.46. The molecule has 2 aromatic rings. The summed E-state index contributed by atoms with van der Waals surface area (Å²) in [5.41, 5.74) is 0.691. The van der Waals surface area contributed by atoms with Gasteiger partial charge < -0.3 is 29.4 Å². The lowest BCUT2D eigenvalue weighted by Crippen LogP contribution is -2.50. The van der Waals surface area contributed by atoms with E-state index >= 15 is 0 Å². The molecule has 9 nitrogen and oxygen atoms in total. The van der Waals surface area contributed by atoms with Gasteiger partial charge in [0.15, 0.2) is 23.0 Å². The first-order valence-corrected chi connectivity index (χ1v) is 10.7. The van der Waals surface area contributed by atoms with Gasteiger partial charge in [-0.1, -0.05) is 12.1 Å². The van der Waals surface area contributed by atoms with E-state index in [0.29, 0.717) is 41.8 Å². The highest BCUT2D eigenvalue weighted by atomic mass is 16.7. The SMILES string of the molecule is COc1ccccc1OCC(O)CN1CCN(CC(=O)Nc2ccc3c(c2)OCO3)CC1. The van der Waals surface area contributed by atoms with Crippen molar-refractivity contribution in [2.45, 2.75) is 6.10 Å². The molecule has 9 heteroatoms. The molecule has 32 heavy (non-hydrogen) atoms. The molecule has 0 bridgehead atoms. The fraction of sp³-hybridized carbons (Fsp3) is 0.435. The Morgan fingerprint density at radius 3 is 2.56 bits per heavy atom. The van der Waals surface area contributed by atoms with Crippen LogP contribution in [0.25, 0.3) is 0 Å². The van der Waals surface area contributed by atoms with Crippen LogP contribution in [0.15, 0.2) is 42.5 Å². The minimum Gasteiger partial charge on any atom is -0.493 e. The van der Waals surface area contributed by atoms with Crippen LogP contribution in [0.2, 0.25) is 0 Å². The zero-order valence-electron chi connectivity index (χ0n) is 18.2. The van der Waals surface area contributed by atoms with Gasteiger partial charge in [-0.05, 0) is 24.3 Å². The normalized spacial score (nSPS) is 17.1. The second kappa shape index (κ2) is 10.5. The van der Waals surface area contributed by atoms with E-state index in [1.807, 2.05) is 24.3 Å². The number of carbonyl (C=O) groups excluding carboxylic acids is 1. The molecule has 4 rings (SSSR count). The number of methoxy groups -OCH3 is 1. The Morgan fingerprint density at radius 1 is 1.06 bits per heavy atom. The summed E-state index contributed by atoms with van der Waals surface area (Å²) in [6, 6.07) is 12.7. The van der Waals surface area contributed by atoms with Crippen molar-refractivity contribution >= 4 is 11.6 Å². The number of para-hydroxylation sites is 2. The van der Waals surface area contributed by atoms with E-state index in [1.54, 1.807) is 25.3 Å². The van der Waals surface area contributed by atoms with Crippen LogP contribution in [0, 0.1) is 0 Å². The first-order valence-electron chi connectivity index (χ1n) is 10.7. The van der Waals surface area contributed by atoms with E-state index in [9.17, 15) is 9.90 Å². The predicted octanol–water partition coefficient (Wildman–Crippen LogP) is 1.42. The van der Waals surface area contributed by atoms with Crippen molar-refractivity contribution in [3.8, 4) is 23.0 Å². The molecule has 1 saturated heterocycles. The zero-order chi connectivity index (χ0) is 22.3. The molecule has 2 aliphatic heterocycles. The molecule has 0 saturated carbocycles. The number of piperazine rings is 1. The van der Waals surface area contributed by atoms with Crippen LogP contribution in [0.4, 0.5) is 5.69 Å². The highest BCUT2D eigenvalue weighted by molar-refractivity contribution is 5.92. The van der Waals surface area contributed by atoms with Crippen LogP contribution in [-0.4, -0.2) is 86.7 Å². The number of fused-ring (bicyclic) bond motifs is 1. The summed E-state index contributed by atoms with van der Waals surface area (Å²) in [4.78, 5) is 16.7. The van der Waals surface area contributed by atoms with Gasteiger partial charge in [-0.2, -0.15) is 0 Å². The zero-order valence-corrected chi connectivity index (χ0v) is 18.2. The molecule has 2 aliphatic rings. The van der Waals surface area contributed by atoms with Crippen LogP contribution in [-0.2, 0) is 4.79 Å². The first-order chi connectivity index (χ1) is 15.6. The number of carbonyl (C=O) groups is 1. The number of aliphatic hydroxyl groups excluding tert-OH is 1. The number of nitrogens with zero attached hydrogens (tertiary/aromatic N) is 2. The smallest absolute Gasteiger partial charge is 0.238 e. The Kier molecular flexibility index (Phi) is 7.31. The van der Waals surface area contributed by atoms with Crippen molar-refractivity contribution in [2.24, 2.45) is 0 Å². The third kappa shape index (κ3) is 5.82. The summed E-state index contributed by atoms with van der Waals surface area (Å²) in [5.74, 6) is 2.53. The minimum absolute atomic E-state index is 0.0671. The van der Waals surface area contributed by atoms with E-state index in [0.717, 1.165) is 26.2 Å². The largest absolute Gasteiger partial charge is 0.493 e. The summed E-state index contributed by atoms with van der Waals surface area (Å²) in [5, 5.41) is 13.3. The van der Waals surface area contributed by atoms with Crippen molar-refractivity contribution in [1.29, 1.82) is 0 Å². The maximum atomic E-state index is 12.4. The van der Waals surface area contributed by atoms with E-state index in [1.165, 1.54) is 0 Å². The van der Waals surface area contributed by atoms with Gasteiger partial charge in [-0.3, -0.25) is 14.6 Å². The minimum atomic E-state index is -0.610. The highest BCUT2D eigenvalue weighted by Crippen LogP contribution is 2.34. The van der Waals surface area contributed by atoms with Gasteiger partial charge in [0.2, 0.25) is 12.7 Å². The Labute approximate surface area is 187 Å². The topological polar surface area (TPSA) is 92.7 Å². The van der Waals surface area contributed by atoms with Crippen molar-refractivity contribution < 1.29 is 28.8 Å². The number of anilines is 1. The fourth-order valence-electron chi connectivity index (χ4n) is 3.78. The Hall–Kier alpha value is -3.01. The third-order valence-electron chi connectivity index (χ3n) is 5.46. The molecule has 1 fully saturated rings. The Balaban J connectivity index is 1.16. The Morgan fingerprint density at radius 2 is 1.78 bits per heavy atom. The Bertz CT molecular complexity index is 916. The molecule has 0 aromatic heterocycles. The van der Waals surface area contributed by atoms with Crippen LogP contribution in [0.1, 0.15) is 0 Å². The summed E-state index contributed by atoms with van der Waals surface area (Å²) in [6.07, 6.45) is -0.610. The molecule has 2 heterocycles. The maximum Gasteiger partial charge on any atom is 0.238 e. The number of hydrogen-bond acceptors (Lipinski definition) is 8.